The number of hydrogen-bond donors (Lipinski definition) is 1. The van der Waals surface area contributed by atoms with E-state index in [2.05, 4.69) is 5.32 Å². The molecule has 1 aromatic rings. The molecule has 140 valence electrons. The van der Waals surface area contributed by atoms with Gasteiger partial charge >= 0.3 is 0 Å². The van der Waals surface area contributed by atoms with Crippen molar-refractivity contribution < 1.29 is 19.1 Å². The molecule has 0 aromatic heterocycles. The standard InChI is InChI=1S/C19H30N2O4/c1-19(2,3)18(23)20-14-15-6-8-16(9-7-15)17(22)21(10-12-24-4)11-13-25-5/h6-9H,10-14H2,1-5H3,(H,20,23). The molecule has 0 saturated heterocycles. The molecule has 6 heteroatoms. The first-order valence-corrected chi connectivity index (χ1v) is 8.44. The Morgan fingerprint density at radius 1 is 1.00 bits per heavy atom. The molecule has 0 radical (unpaired) electrons. The molecular weight excluding hydrogens is 320 g/mol. The number of hydrogen-bond acceptors (Lipinski definition) is 4. The molecule has 2 amide bonds. The van der Waals surface area contributed by atoms with Crippen molar-refractivity contribution in [2.45, 2.75) is 27.3 Å². The normalized spacial score (nSPS) is 11.2. The van der Waals surface area contributed by atoms with Crippen molar-refractivity contribution in [3.63, 3.8) is 0 Å². The number of amides is 2. The van der Waals surface area contributed by atoms with Crippen LogP contribution in [0.2, 0.25) is 0 Å². The predicted molar refractivity (Wildman–Crippen MR) is 97.4 cm³/mol. The molecule has 0 saturated carbocycles. The van der Waals surface area contributed by atoms with Gasteiger partial charge in [0.25, 0.3) is 5.91 Å². The maximum Gasteiger partial charge on any atom is 0.254 e. The fraction of sp³-hybridized carbons (Fsp3) is 0.579. The second-order valence-corrected chi connectivity index (χ2v) is 6.91. The lowest BCUT2D eigenvalue weighted by molar-refractivity contribution is -0.128. The number of carbonyl (C=O) groups is 2. The van der Waals surface area contributed by atoms with Crippen LogP contribution in [0.5, 0.6) is 0 Å². The zero-order chi connectivity index (χ0) is 18.9. The van der Waals surface area contributed by atoms with E-state index in [1.54, 1.807) is 31.3 Å². The molecular formula is C19H30N2O4. The quantitative estimate of drug-likeness (QED) is 0.740. The highest BCUT2D eigenvalue weighted by Crippen LogP contribution is 2.13. The molecule has 25 heavy (non-hydrogen) atoms. The van der Waals surface area contributed by atoms with Crippen LogP contribution in [-0.2, 0) is 20.8 Å². The van der Waals surface area contributed by atoms with Crippen molar-refractivity contribution in [2.24, 2.45) is 5.41 Å². The molecule has 0 aliphatic carbocycles. The summed E-state index contributed by atoms with van der Waals surface area (Å²) >= 11 is 0. The number of methoxy groups -OCH3 is 2. The van der Waals surface area contributed by atoms with Crippen LogP contribution in [0.25, 0.3) is 0 Å². The number of rotatable bonds is 9. The van der Waals surface area contributed by atoms with E-state index < -0.39 is 5.41 Å². The van der Waals surface area contributed by atoms with Gasteiger partial charge in [-0.05, 0) is 17.7 Å². The molecule has 0 aliphatic rings. The number of nitrogens with one attached hydrogen (secondary N) is 1. The molecule has 0 bridgehead atoms. The van der Waals surface area contributed by atoms with E-state index in [0.717, 1.165) is 5.56 Å². The summed E-state index contributed by atoms with van der Waals surface area (Å²) in [7, 11) is 3.22. The number of ether oxygens (including phenoxy) is 2. The number of nitrogens with zero attached hydrogens (tertiary/aromatic N) is 1. The largest absolute Gasteiger partial charge is 0.383 e. The van der Waals surface area contributed by atoms with Crippen molar-refractivity contribution in [2.75, 3.05) is 40.5 Å². The third kappa shape index (κ3) is 7.23. The first-order chi connectivity index (χ1) is 11.8. The van der Waals surface area contributed by atoms with E-state index in [-0.39, 0.29) is 11.8 Å². The minimum absolute atomic E-state index is 0.00189. The summed E-state index contributed by atoms with van der Waals surface area (Å²) in [6, 6.07) is 7.29. The zero-order valence-corrected chi connectivity index (χ0v) is 15.9. The van der Waals surface area contributed by atoms with Gasteiger partial charge in [0.1, 0.15) is 0 Å². The highest BCUT2D eigenvalue weighted by Gasteiger charge is 2.20. The third-order valence-corrected chi connectivity index (χ3v) is 3.75. The lowest BCUT2D eigenvalue weighted by atomic mass is 9.95. The molecule has 1 aromatic carbocycles. The zero-order valence-electron chi connectivity index (χ0n) is 15.9. The van der Waals surface area contributed by atoms with Crippen LogP contribution in [0, 0.1) is 5.41 Å². The Bertz CT molecular complexity index is 542. The Morgan fingerprint density at radius 2 is 1.52 bits per heavy atom. The van der Waals surface area contributed by atoms with Gasteiger partial charge in [0, 0.05) is 44.8 Å². The topological polar surface area (TPSA) is 67.9 Å². The van der Waals surface area contributed by atoms with Crippen molar-refractivity contribution in [1.29, 1.82) is 0 Å². The van der Waals surface area contributed by atoms with E-state index in [1.807, 2.05) is 32.9 Å². The van der Waals surface area contributed by atoms with Gasteiger partial charge in [-0.3, -0.25) is 9.59 Å². The summed E-state index contributed by atoms with van der Waals surface area (Å²) in [5.74, 6) is -0.0580. The Labute approximate surface area is 150 Å². The average Bonchev–Trinajstić information content (AvgIpc) is 2.59. The molecule has 1 rings (SSSR count). The Balaban J connectivity index is 2.69. The summed E-state index contributed by atoms with van der Waals surface area (Å²) < 4.78 is 10.1. The van der Waals surface area contributed by atoms with E-state index >= 15 is 0 Å². The highest BCUT2D eigenvalue weighted by molar-refractivity contribution is 5.94. The molecule has 1 N–H and O–H groups in total. The second-order valence-electron chi connectivity index (χ2n) is 6.91. The molecule has 6 nitrogen and oxygen atoms in total. The smallest absolute Gasteiger partial charge is 0.254 e. The van der Waals surface area contributed by atoms with Crippen LogP contribution in [0.4, 0.5) is 0 Å². The van der Waals surface area contributed by atoms with E-state index in [9.17, 15) is 9.59 Å². The Kier molecular flexibility index (Phi) is 8.58. The monoisotopic (exact) mass is 350 g/mol. The van der Waals surface area contributed by atoms with Gasteiger partial charge in [-0.1, -0.05) is 32.9 Å². The van der Waals surface area contributed by atoms with Crippen LogP contribution in [-0.4, -0.2) is 57.2 Å². The summed E-state index contributed by atoms with van der Waals surface area (Å²) in [5.41, 5.74) is 1.15. The van der Waals surface area contributed by atoms with Crippen LogP contribution < -0.4 is 5.32 Å². The minimum Gasteiger partial charge on any atom is -0.383 e. The van der Waals surface area contributed by atoms with Gasteiger partial charge in [-0.15, -0.1) is 0 Å². The van der Waals surface area contributed by atoms with Gasteiger partial charge in [0.05, 0.1) is 13.2 Å². The van der Waals surface area contributed by atoms with Crippen molar-refractivity contribution in [3.8, 4) is 0 Å². The lowest BCUT2D eigenvalue weighted by Crippen LogP contribution is -2.36. The summed E-state index contributed by atoms with van der Waals surface area (Å²) in [5, 5.41) is 2.90. The molecule has 0 heterocycles. The maximum absolute atomic E-state index is 12.6. The van der Waals surface area contributed by atoms with Crippen LogP contribution >= 0.6 is 0 Å². The van der Waals surface area contributed by atoms with Gasteiger partial charge in [-0.2, -0.15) is 0 Å². The minimum atomic E-state index is -0.418. The Hall–Kier alpha value is -1.92. The molecule has 0 atom stereocenters. The van der Waals surface area contributed by atoms with Gasteiger partial charge < -0.3 is 19.7 Å². The molecule has 0 aliphatic heterocycles. The first kappa shape index (κ1) is 21.1. The van der Waals surface area contributed by atoms with E-state index in [4.69, 9.17) is 9.47 Å². The first-order valence-electron chi connectivity index (χ1n) is 8.44. The van der Waals surface area contributed by atoms with Gasteiger partial charge in [0.15, 0.2) is 0 Å². The molecule has 0 unspecified atom stereocenters. The van der Waals surface area contributed by atoms with E-state index in [1.165, 1.54) is 0 Å². The summed E-state index contributed by atoms with van der Waals surface area (Å²) in [6.45, 7) is 8.06. The van der Waals surface area contributed by atoms with E-state index in [0.29, 0.717) is 38.4 Å². The molecule has 0 spiro atoms. The number of carbonyl (C=O) groups excluding carboxylic acids is 2. The van der Waals surface area contributed by atoms with Crippen LogP contribution in [0.1, 0.15) is 36.7 Å². The summed E-state index contributed by atoms with van der Waals surface area (Å²) in [6.07, 6.45) is 0. The highest BCUT2D eigenvalue weighted by atomic mass is 16.5. The van der Waals surface area contributed by atoms with Gasteiger partial charge in [0.2, 0.25) is 5.91 Å². The fourth-order valence-corrected chi connectivity index (χ4v) is 2.11. The van der Waals surface area contributed by atoms with Crippen molar-refractivity contribution in [1.82, 2.24) is 10.2 Å². The van der Waals surface area contributed by atoms with Crippen LogP contribution in [0.15, 0.2) is 24.3 Å². The molecule has 0 fully saturated rings. The van der Waals surface area contributed by atoms with Gasteiger partial charge in [-0.25, -0.2) is 0 Å². The third-order valence-electron chi connectivity index (χ3n) is 3.75. The lowest BCUT2D eigenvalue weighted by Gasteiger charge is -2.22. The fourth-order valence-electron chi connectivity index (χ4n) is 2.11. The SMILES string of the molecule is COCCN(CCOC)C(=O)c1ccc(CNC(=O)C(C)(C)C)cc1. The summed E-state index contributed by atoms with van der Waals surface area (Å²) in [4.78, 5) is 26.2. The maximum atomic E-state index is 12.6. The predicted octanol–water partition coefficient (Wildman–Crippen LogP) is 2.08. The van der Waals surface area contributed by atoms with Crippen molar-refractivity contribution in [3.05, 3.63) is 35.4 Å². The Morgan fingerprint density at radius 3 is 1.96 bits per heavy atom. The second kappa shape index (κ2) is 10.2. The number of benzene rings is 1. The van der Waals surface area contributed by atoms with Crippen LogP contribution in [0.3, 0.4) is 0 Å². The van der Waals surface area contributed by atoms with Crippen molar-refractivity contribution >= 4 is 11.8 Å². The average molecular weight is 350 g/mol.